The van der Waals surface area contributed by atoms with Crippen LogP contribution in [0.25, 0.3) is 11.4 Å². The Morgan fingerprint density at radius 3 is 2.47 bits per heavy atom. The molecule has 0 bridgehead atoms. The third kappa shape index (κ3) is 6.12. The number of nitrogens with zero attached hydrogens (tertiary/aromatic N) is 4. The fraction of sp³-hybridized carbons (Fsp3) is 0.304. The van der Waals surface area contributed by atoms with Crippen LogP contribution in [-0.4, -0.2) is 32.6 Å². The Morgan fingerprint density at radius 1 is 1.12 bits per heavy atom. The number of benzene rings is 2. The molecule has 1 N–H and O–H groups in total. The molecular formula is C23H25Cl2N5OS. The number of hydrogen-bond acceptors (Lipinski definition) is 5. The zero-order valence-corrected chi connectivity index (χ0v) is 20.7. The summed E-state index contributed by atoms with van der Waals surface area (Å²) in [4.78, 5) is 12.2. The normalized spacial score (nSPS) is 11.8. The van der Waals surface area contributed by atoms with Crippen molar-refractivity contribution in [1.29, 1.82) is 0 Å². The van der Waals surface area contributed by atoms with Crippen LogP contribution < -0.4 is 5.43 Å². The highest BCUT2D eigenvalue weighted by molar-refractivity contribution is 7.99. The second-order valence-corrected chi connectivity index (χ2v) is 9.89. The Hall–Kier alpha value is -2.35. The van der Waals surface area contributed by atoms with Gasteiger partial charge in [0, 0.05) is 12.1 Å². The van der Waals surface area contributed by atoms with Crippen LogP contribution in [0.4, 0.5) is 0 Å². The van der Waals surface area contributed by atoms with Gasteiger partial charge in [0.1, 0.15) is 0 Å². The third-order valence-corrected chi connectivity index (χ3v) is 6.43. The summed E-state index contributed by atoms with van der Waals surface area (Å²) >= 11 is 13.2. The second kappa shape index (κ2) is 10.5. The number of carbonyl (C=O) groups is 1. The molecule has 32 heavy (non-hydrogen) atoms. The molecule has 9 heteroatoms. The molecule has 0 unspecified atom stereocenters. The molecule has 6 nitrogen and oxygen atoms in total. The fourth-order valence-electron chi connectivity index (χ4n) is 2.95. The smallest absolute Gasteiger partial charge is 0.250 e. The van der Waals surface area contributed by atoms with Crippen molar-refractivity contribution >= 4 is 47.1 Å². The van der Waals surface area contributed by atoms with Gasteiger partial charge in [-0.2, -0.15) is 5.10 Å². The predicted octanol–water partition coefficient (Wildman–Crippen LogP) is 5.81. The summed E-state index contributed by atoms with van der Waals surface area (Å²) in [5.74, 6) is 0.710. The maximum absolute atomic E-state index is 12.2. The predicted molar refractivity (Wildman–Crippen MR) is 133 cm³/mol. The summed E-state index contributed by atoms with van der Waals surface area (Å²) in [6, 6.07) is 13.5. The van der Waals surface area contributed by atoms with E-state index in [1.165, 1.54) is 23.5 Å². The molecule has 0 spiro atoms. The molecule has 0 radical (unpaired) electrons. The van der Waals surface area contributed by atoms with Crippen molar-refractivity contribution in [2.75, 3.05) is 5.75 Å². The van der Waals surface area contributed by atoms with Crippen molar-refractivity contribution in [3.05, 3.63) is 63.6 Å². The highest BCUT2D eigenvalue weighted by Gasteiger charge is 2.17. The van der Waals surface area contributed by atoms with Crippen LogP contribution in [0.15, 0.2) is 52.7 Å². The Morgan fingerprint density at radius 2 is 1.84 bits per heavy atom. The standard InChI is InChI=1S/C23H25Cl2N5OS/c1-5-30-21(16-7-9-17(10-8-16)23(2,3)4)28-29-22(30)32-14-20(31)27-26-13-15-6-11-18(24)19(25)12-15/h6-13H,5,14H2,1-4H3,(H,27,31)/b26-13-. The minimum absolute atomic E-state index is 0.0909. The molecule has 0 aliphatic heterocycles. The molecule has 0 atom stereocenters. The lowest BCUT2D eigenvalue weighted by molar-refractivity contribution is -0.118. The second-order valence-electron chi connectivity index (χ2n) is 8.13. The Kier molecular flexibility index (Phi) is 7.98. The van der Waals surface area contributed by atoms with Crippen LogP contribution in [-0.2, 0) is 16.8 Å². The number of thioether (sulfide) groups is 1. The van der Waals surface area contributed by atoms with Crippen LogP contribution >= 0.6 is 35.0 Å². The van der Waals surface area contributed by atoms with Gasteiger partial charge in [-0.3, -0.25) is 4.79 Å². The third-order valence-electron chi connectivity index (χ3n) is 4.72. The van der Waals surface area contributed by atoms with E-state index in [2.05, 4.69) is 65.8 Å². The van der Waals surface area contributed by atoms with E-state index in [0.29, 0.717) is 21.7 Å². The van der Waals surface area contributed by atoms with Gasteiger partial charge >= 0.3 is 0 Å². The van der Waals surface area contributed by atoms with Gasteiger partial charge in [0.25, 0.3) is 5.91 Å². The van der Waals surface area contributed by atoms with Gasteiger partial charge in [-0.15, -0.1) is 10.2 Å². The number of aromatic nitrogens is 3. The first-order valence-electron chi connectivity index (χ1n) is 10.1. The van der Waals surface area contributed by atoms with Gasteiger partial charge in [0.15, 0.2) is 11.0 Å². The zero-order chi connectivity index (χ0) is 23.3. The Balaban J connectivity index is 1.62. The van der Waals surface area contributed by atoms with Crippen LogP contribution in [0.3, 0.4) is 0 Å². The highest BCUT2D eigenvalue weighted by Crippen LogP contribution is 2.27. The average Bonchev–Trinajstić information content (AvgIpc) is 3.17. The van der Waals surface area contributed by atoms with E-state index in [-0.39, 0.29) is 17.1 Å². The van der Waals surface area contributed by atoms with E-state index < -0.39 is 0 Å². The topological polar surface area (TPSA) is 72.2 Å². The fourth-order valence-corrected chi connectivity index (χ4v) is 4.05. The Bertz CT molecular complexity index is 1120. The van der Waals surface area contributed by atoms with E-state index in [1.54, 1.807) is 18.2 Å². The lowest BCUT2D eigenvalue weighted by Crippen LogP contribution is -2.20. The Labute approximate surface area is 202 Å². The van der Waals surface area contributed by atoms with Gasteiger partial charge in [-0.25, -0.2) is 5.43 Å². The SMILES string of the molecule is CCn1c(SCC(=O)N/N=C\c2ccc(Cl)c(Cl)c2)nnc1-c1ccc(C(C)(C)C)cc1. The van der Waals surface area contributed by atoms with Crippen LogP contribution in [0.1, 0.15) is 38.8 Å². The van der Waals surface area contributed by atoms with E-state index in [1.807, 2.05) is 11.5 Å². The minimum atomic E-state index is -0.243. The lowest BCUT2D eigenvalue weighted by Gasteiger charge is -2.19. The quantitative estimate of drug-likeness (QED) is 0.258. The molecule has 0 saturated carbocycles. The number of hydrazone groups is 1. The van der Waals surface area contributed by atoms with E-state index >= 15 is 0 Å². The lowest BCUT2D eigenvalue weighted by atomic mass is 9.87. The minimum Gasteiger partial charge on any atom is -0.302 e. The molecule has 0 aliphatic carbocycles. The van der Waals surface area contributed by atoms with Crippen LogP contribution in [0.5, 0.6) is 0 Å². The maximum Gasteiger partial charge on any atom is 0.250 e. The summed E-state index contributed by atoms with van der Waals surface area (Å²) in [6.45, 7) is 9.28. The van der Waals surface area contributed by atoms with Crippen molar-refractivity contribution < 1.29 is 4.79 Å². The average molecular weight is 490 g/mol. The van der Waals surface area contributed by atoms with Crippen molar-refractivity contribution in [3.8, 4) is 11.4 Å². The van der Waals surface area contributed by atoms with Gasteiger partial charge in [0.05, 0.1) is 22.0 Å². The molecule has 0 aliphatic rings. The van der Waals surface area contributed by atoms with Gasteiger partial charge < -0.3 is 4.57 Å². The number of halogens is 2. The molecule has 3 rings (SSSR count). The monoisotopic (exact) mass is 489 g/mol. The zero-order valence-electron chi connectivity index (χ0n) is 18.4. The first-order valence-corrected chi connectivity index (χ1v) is 11.9. The van der Waals surface area contributed by atoms with Crippen molar-refractivity contribution in [2.24, 2.45) is 5.10 Å². The summed E-state index contributed by atoms with van der Waals surface area (Å²) in [6.07, 6.45) is 1.51. The van der Waals surface area contributed by atoms with Crippen molar-refractivity contribution in [2.45, 2.75) is 44.8 Å². The summed E-state index contributed by atoms with van der Waals surface area (Å²) in [5.41, 5.74) is 5.59. The first kappa shape index (κ1) is 24.3. The summed E-state index contributed by atoms with van der Waals surface area (Å²) in [5, 5.41) is 14.2. The molecule has 0 fully saturated rings. The molecule has 168 valence electrons. The molecule has 1 heterocycles. The summed E-state index contributed by atoms with van der Waals surface area (Å²) in [7, 11) is 0. The first-order chi connectivity index (χ1) is 15.2. The highest BCUT2D eigenvalue weighted by atomic mass is 35.5. The van der Waals surface area contributed by atoms with Crippen molar-refractivity contribution in [3.63, 3.8) is 0 Å². The number of carbonyl (C=O) groups excluding carboxylic acids is 1. The maximum atomic E-state index is 12.2. The van der Waals surface area contributed by atoms with Crippen LogP contribution in [0.2, 0.25) is 10.0 Å². The summed E-state index contributed by atoms with van der Waals surface area (Å²) < 4.78 is 2.00. The number of rotatable bonds is 7. The molecule has 1 amide bonds. The van der Waals surface area contributed by atoms with Gasteiger partial charge in [-0.1, -0.05) is 86.1 Å². The molecule has 0 saturated heterocycles. The van der Waals surface area contributed by atoms with Crippen molar-refractivity contribution in [1.82, 2.24) is 20.2 Å². The van der Waals surface area contributed by atoms with E-state index in [9.17, 15) is 4.79 Å². The number of amides is 1. The largest absolute Gasteiger partial charge is 0.302 e. The number of nitrogens with one attached hydrogen (secondary N) is 1. The van der Waals surface area contributed by atoms with Gasteiger partial charge in [-0.05, 0) is 35.6 Å². The van der Waals surface area contributed by atoms with Crippen LogP contribution in [0, 0.1) is 0 Å². The molecule has 3 aromatic rings. The molecular weight excluding hydrogens is 465 g/mol. The van der Waals surface area contributed by atoms with E-state index in [0.717, 1.165) is 17.0 Å². The molecule has 1 aromatic heterocycles. The number of hydrogen-bond donors (Lipinski definition) is 1. The molecule has 2 aromatic carbocycles. The van der Waals surface area contributed by atoms with E-state index in [4.69, 9.17) is 23.2 Å². The van der Waals surface area contributed by atoms with Gasteiger partial charge in [0.2, 0.25) is 0 Å².